The highest BCUT2D eigenvalue weighted by Crippen LogP contribution is 2.29. The predicted molar refractivity (Wildman–Crippen MR) is 71.1 cm³/mol. The third-order valence-electron chi connectivity index (χ3n) is 3.78. The van der Waals surface area contributed by atoms with Crippen molar-refractivity contribution in [1.29, 1.82) is 0 Å². The molecule has 1 aromatic rings. The summed E-state index contributed by atoms with van der Waals surface area (Å²) < 4.78 is 11.2. The van der Waals surface area contributed by atoms with Crippen LogP contribution in [0.1, 0.15) is 18.1 Å². The summed E-state index contributed by atoms with van der Waals surface area (Å²) in [4.78, 5) is 0. The number of benzene rings is 1. The molecule has 3 heteroatoms. The average Bonchev–Trinajstić information content (AvgIpc) is 2.68. The number of hydrogen-bond acceptors (Lipinski definition) is 3. The summed E-state index contributed by atoms with van der Waals surface area (Å²) in [6.45, 7) is 8.09. The van der Waals surface area contributed by atoms with Gasteiger partial charge in [0.1, 0.15) is 11.9 Å². The minimum absolute atomic E-state index is 0.284. The Hall–Kier alpha value is -1.06. The van der Waals surface area contributed by atoms with Crippen molar-refractivity contribution in [3.05, 3.63) is 29.3 Å². The van der Waals surface area contributed by atoms with Gasteiger partial charge in [-0.05, 0) is 18.6 Å². The monoisotopic (exact) mass is 247 g/mol. The highest BCUT2D eigenvalue weighted by molar-refractivity contribution is 5.40. The standard InChI is InChI=1S/C15H21NO2/c1-11-3-4-14-12(5-11)6-13(18-14)7-16-8-15(2)9-17-10-15/h3-5,13,16H,6-10H2,1-2H3. The highest BCUT2D eigenvalue weighted by Gasteiger charge is 2.33. The minimum Gasteiger partial charge on any atom is -0.488 e. The number of hydrogen-bond donors (Lipinski definition) is 1. The fraction of sp³-hybridized carbons (Fsp3) is 0.600. The lowest BCUT2D eigenvalue weighted by Crippen LogP contribution is -2.48. The van der Waals surface area contributed by atoms with E-state index in [0.717, 1.165) is 38.5 Å². The summed E-state index contributed by atoms with van der Waals surface area (Å²) in [5.41, 5.74) is 2.99. The quantitative estimate of drug-likeness (QED) is 0.882. The Balaban J connectivity index is 1.49. The second kappa shape index (κ2) is 4.56. The fourth-order valence-electron chi connectivity index (χ4n) is 2.65. The van der Waals surface area contributed by atoms with E-state index in [1.165, 1.54) is 11.1 Å². The van der Waals surface area contributed by atoms with E-state index in [4.69, 9.17) is 9.47 Å². The molecule has 0 bridgehead atoms. The van der Waals surface area contributed by atoms with Crippen molar-refractivity contribution in [1.82, 2.24) is 5.32 Å². The zero-order valence-corrected chi connectivity index (χ0v) is 11.2. The van der Waals surface area contributed by atoms with Gasteiger partial charge in [-0.2, -0.15) is 0 Å². The molecule has 2 aliphatic rings. The first-order valence-electron chi connectivity index (χ1n) is 6.69. The Morgan fingerprint density at radius 3 is 2.94 bits per heavy atom. The normalized spacial score (nSPS) is 24.2. The first kappa shape index (κ1) is 12.0. The summed E-state index contributed by atoms with van der Waals surface area (Å²) in [5, 5.41) is 3.51. The van der Waals surface area contributed by atoms with Crippen molar-refractivity contribution in [3.63, 3.8) is 0 Å². The highest BCUT2D eigenvalue weighted by atomic mass is 16.5. The van der Waals surface area contributed by atoms with Gasteiger partial charge in [-0.1, -0.05) is 24.6 Å². The lowest BCUT2D eigenvalue weighted by atomic mass is 9.89. The molecule has 1 fully saturated rings. The fourth-order valence-corrected chi connectivity index (χ4v) is 2.65. The number of aryl methyl sites for hydroxylation is 1. The molecule has 18 heavy (non-hydrogen) atoms. The van der Waals surface area contributed by atoms with Crippen LogP contribution >= 0.6 is 0 Å². The molecule has 0 aliphatic carbocycles. The third-order valence-corrected chi connectivity index (χ3v) is 3.78. The average molecular weight is 247 g/mol. The lowest BCUT2D eigenvalue weighted by Gasteiger charge is -2.38. The molecular formula is C15H21NO2. The van der Waals surface area contributed by atoms with Crippen molar-refractivity contribution >= 4 is 0 Å². The lowest BCUT2D eigenvalue weighted by molar-refractivity contribution is -0.0994. The van der Waals surface area contributed by atoms with Crippen LogP contribution in [0.5, 0.6) is 5.75 Å². The van der Waals surface area contributed by atoms with Gasteiger partial charge >= 0.3 is 0 Å². The zero-order valence-electron chi connectivity index (χ0n) is 11.2. The summed E-state index contributed by atoms with van der Waals surface area (Å²) in [6.07, 6.45) is 1.31. The third kappa shape index (κ3) is 2.38. The molecule has 2 heterocycles. The van der Waals surface area contributed by atoms with Crippen LogP contribution in [0.2, 0.25) is 0 Å². The number of fused-ring (bicyclic) bond motifs is 1. The Bertz CT molecular complexity index is 440. The Labute approximate surface area is 108 Å². The number of ether oxygens (including phenoxy) is 2. The molecular weight excluding hydrogens is 226 g/mol. The molecule has 0 radical (unpaired) electrons. The topological polar surface area (TPSA) is 30.5 Å². The Morgan fingerprint density at radius 2 is 2.22 bits per heavy atom. The van der Waals surface area contributed by atoms with Gasteiger partial charge in [-0.15, -0.1) is 0 Å². The van der Waals surface area contributed by atoms with Gasteiger partial charge in [0.25, 0.3) is 0 Å². The molecule has 2 aliphatic heterocycles. The van der Waals surface area contributed by atoms with Crippen LogP contribution in [0.4, 0.5) is 0 Å². The van der Waals surface area contributed by atoms with Gasteiger partial charge in [-0.25, -0.2) is 0 Å². The maximum Gasteiger partial charge on any atom is 0.123 e. The van der Waals surface area contributed by atoms with Gasteiger partial charge in [0.2, 0.25) is 0 Å². The van der Waals surface area contributed by atoms with E-state index in [0.29, 0.717) is 5.41 Å². The van der Waals surface area contributed by atoms with Crippen molar-refractivity contribution in [2.45, 2.75) is 26.4 Å². The van der Waals surface area contributed by atoms with E-state index in [-0.39, 0.29) is 6.10 Å². The van der Waals surface area contributed by atoms with Crippen LogP contribution in [0.3, 0.4) is 0 Å². The van der Waals surface area contributed by atoms with Gasteiger partial charge in [0.15, 0.2) is 0 Å². The summed E-state index contributed by atoms with van der Waals surface area (Å²) in [6, 6.07) is 6.43. The van der Waals surface area contributed by atoms with Crippen molar-refractivity contribution < 1.29 is 9.47 Å². The van der Waals surface area contributed by atoms with Crippen molar-refractivity contribution in [3.8, 4) is 5.75 Å². The smallest absolute Gasteiger partial charge is 0.123 e. The summed E-state index contributed by atoms with van der Waals surface area (Å²) in [5.74, 6) is 1.06. The SMILES string of the molecule is Cc1ccc2c(c1)CC(CNCC1(C)COC1)O2. The van der Waals surface area contributed by atoms with E-state index in [1.54, 1.807) is 0 Å². The van der Waals surface area contributed by atoms with Crippen LogP contribution in [0, 0.1) is 12.3 Å². The molecule has 0 saturated carbocycles. The molecule has 98 valence electrons. The molecule has 0 aromatic heterocycles. The van der Waals surface area contributed by atoms with E-state index in [9.17, 15) is 0 Å². The van der Waals surface area contributed by atoms with Crippen molar-refractivity contribution in [2.75, 3.05) is 26.3 Å². The minimum atomic E-state index is 0.284. The predicted octanol–water partition coefficient (Wildman–Crippen LogP) is 1.92. The maximum atomic E-state index is 5.93. The number of nitrogens with one attached hydrogen (secondary N) is 1. The van der Waals surface area contributed by atoms with Crippen molar-refractivity contribution in [2.24, 2.45) is 5.41 Å². The molecule has 1 N–H and O–H groups in total. The van der Waals surface area contributed by atoms with Gasteiger partial charge in [-0.3, -0.25) is 0 Å². The second-order valence-electron chi connectivity index (χ2n) is 5.99. The van der Waals surface area contributed by atoms with E-state index in [2.05, 4.69) is 37.4 Å². The summed E-state index contributed by atoms with van der Waals surface area (Å²) in [7, 11) is 0. The van der Waals surface area contributed by atoms with Crippen LogP contribution in [-0.4, -0.2) is 32.4 Å². The van der Waals surface area contributed by atoms with E-state index in [1.807, 2.05) is 0 Å². The van der Waals surface area contributed by atoms with Gasteiger partial charge in [0, 0.05) is 24.9 Å². The Kier molecular flexibility index (Phi) is 3.04. The Morgan fingerprint density at radius 1 is 1.39 bits per heavy atom. The van der Waals surface area contributed by atoms with E-state index >= 15 is 0 Å². The van der Waals surface area contributed by atoms with Gasteiger partial charge in [0.05, 0.1) is 13.2 Å². The number of rotatable bonds is 4. The first-order chi connectivity index (χ1) is 8.65. The summed E-state index contributed by atoms with van der Waals surface area (Å²) >= 11 is 0. The molecule has 3 rings (SSSR count). The second-order valence-corrected chi connectivity index (χ2v) is 5.99. The molecule has 1 atom stereocenters. The molecule has 3 nitrogen and oxygen atoms in total. The molecule has 0 spiro atoms. The van der Waals surface area contributed by atoms with Crippen LogP contribution in [-0.2, 0) is 11.2 Å². The van der Waals surface area contributed by atoms with Crippen LogP contribution < -0.4 is 10.1 Å². The van der Waals surface area contributed by atoms with Gasteiger partial charge < -0.3 is 14.8 Å². The molecule has 1 unspecified atom stereocenters. The molecule has 1 aromatic carbocycles. The van der Waals surface area contributed by atoms with E-state index < -0.39 is 0 Å². The van der Waals surface area contributed by atoms with Crippen LogP contribution in [0.25, 0.3) is 0 Å². The maximum absolute atomic E-state index is 5.93. The molecule has 0 amide bonds. The largest absolute Gasteiger partial charge is 0.488 e. The molecule has 1 saturated heterocycles. The van der Waals surface area contributed by atoms with Crippen LogP contribution in [0.15, 0.2) is 18.2 Å². The zero-order chi connectivity index (χ0) is 12.6. The first-order valence-corrected chi connectivity index (χ1v) is 6.69.